The van der Waals surface area contributed by atoms with Crippen LogP contribution in [0.2, 0.25) is 0 Å². The van der Waals surface area contributed by atoms with E-state index in [0.717, 1.165) is 6.42 Å². The molecular weight excluding hydrogens is 254 g/mol. The van der Waals surface area contributed by atoms with Gasteiger partial charge < -0.3 is 9.88 Å². The van der Waals surface area contributed by atoms with Crippen molar-refractivity contribution in [3.05, 3.63) is 40.1 Å². The summed E-state index contributed by atoms with van der Waals surface area (Å²) in [6.07, 6.45) is 8.79. The highest BCUT2D eigenvalue weighted by Crippen LogP contribution is 2.37. The van der Waals surface area contributed by atoms with Gasteiger partial charge in [-0.25, -0.2) is 4.98 Å². The Morgan fingerprint density at radius 2 is 2.47 bits per heavy atom. The summed E-state index contributed by atoms with van der Waals surface area (Å²) in [5, 5.41) is 5.77. The lowest BCUT2D eigenvalue weighted by atomic mass is 9.81. The van der Waals surface area contributed by atoms with Crippen LogP contribution in [-0.4, -0.2) is 22.6 Å². The van der Waals surface area contributed by atoms with E-state index in [1.807, 2.05) is 23.7 Å². The molecule has 2 aromatic rings. The molecule has 0 saturated carbocycles. The van der Waals surface area contributed by atoms with Crippen LogP contribution in [0.3, 0.4) is 0 Å². The topological polar surface area (TPSA) is 29.9 Å². The minimum absolute atomic E-state index is 0.481. The van der Waals surface area contributed by atoms with Crippen molar-refractivity contribution in [2.24, 2.45) is 7.05 Å². The molecule has 3 rings (SSSR count). The molecule has 0 aliphatic heterocycles. The third-order valence-electron chi connectivity index (χ3n) is 4.28. The Morgan fingerprint density at radius 3 is 3.21 bits per heavy atom. The van der Waals surface area contributed by atoms with E-state index in [1.54, 1.807) is 10.4 Å². The van der Waals surface area contributed by atoms with E-state index in [0.29, 0.717) is 12.0 Å². The van der Waals surface area contributed by atoms with Crippen molar-refractivity contribution in [2.75, 3.05) is 7.05 Å². The Balaban J connectivity index is 1.82. The molecule has 3 nitrogen and oxygen atoms in total. The van der Waals surface area contributed by atoms with Crippen LogP contribution >= 0.6 is 11.3 Å². The predicted octanol–water partition coefficient (Wildman–Crippen LogP) is 2.73. The van der Waals surface area contributed by atoms with E-state index >= 15 is 0 Å². The fourth-order valence-corrected chi connectivity index (χ4v) is 4.17. The summed E-state index contributed by atoms with van der Waals surface area (Å²) in [5.74, 6) is 1.80. The highest BCUT2D eigenvalue weighted by atomic mass is 32.1. The van der Waals surface area contributed by atoms with Crippen LogP contribution in [0.1, 0.15) is 35.0 Å². The molecule has 1 N–H and O–H groups in total. The smallest absolute Gasteiger partial charge is 0.109 e. The molecule has 102 valence electrons. The van der Waals surface area contributed by atoms with Crippen LogP contribution in [0.25, 0.3) is 0 Å². The van der Waals surface area contributed by atoms with Gasteiger partial charge in [0.25, 0.3) is 0 Å². The minimum atomic E-state index is 0.481. The maximum atomic E-state index is 4.47. The van der Waals surface area contributed by atoms with Gasteiger partial charge in [0.05, 0.1) is 0 Å². The van der Waals surface area contributed by atoms with Gasteiger partial charge in [-0.1, -0.05) is 0 Å². The third-order valence-corrected chi connectivity index (χ3v) is 5.27. The molecule has 1 aliphatic rings. The van der Waals surface area contributed by atoms with Crippen molar-refractivity contribution in [1.82, 2.24) is 14.9 Å². The Kier molecular flexibility index (Phi) is 3.71. The van der Waals surface area contributed by atoms with Crippen molar-refractivity contribution in [1.29, 1.82) is 0 Å². The molecule has 0 amide bonds. The summed E-state index contributed by atoms with van der Waals surface area (Å²) >= 11 is 1.92. The number of aromatic nitrogens is 2. The van der Waals surface area contributed by atoms with Gasteiger partial charge in [0.15, 0.2) is 0 Å². The van der Waals surface area contributed by atoms with Crippen molar-refractivity contribution < 1.29 is 0 Å². The third kappa shape index (κ3) is 2.47. The van der Waals surface area contributed by atoms with Gasteiger partial charge in [-0.3, -0.25) is 0 Å². The van der Waals surface area contributed by atoms with Crippen molar-refractivity contribution in [3.8, 4) is 0 Å². The molecule has 1 aliphatic carbocycles. The SMILES string of the molecule is CNC(Cc1nccn1C)C1CCCc2sccc21. The highest BCUT2D eigenvalue weighted by Gasteiger charge is 2.28. The molecule has 0 spiro atoms. The molecule has 2 unspecified atom stereocenters. The number of rotatable bonds is 4. The Morgan fingerprint density at radius 1 is 1.58 bits per heavy atom. The maximum Gasteiger partial charge on any atom is 0.109 e. The van der Waals surface area contributed by atoms with Crippen LogP contribution in [0.15, 0.2) is 23.8 Å². The van der Waals surface area contributed by atoms with Gasteiger partial charge in [-0.2, -0.15) is 0 Å². The maximum absolute atomic E-state index is 4.47. The zero-order valence-corrected chi connectivity index (χ0v) is 12.4. The standard InChI is InChI=1S/C15H21N3S/c1-16-13(10-15-17-7-8-18(15)2)11-4-3-5-14-12(11)6-9-19-14/h6-9,11,13,16H,3-5,10H2,1-2H3. The largest absolute Gasteiger partial charge is 0.338 e. The van der Waals surface area contributed by atoms with Crippen molar-refractivity contribution in [3.63, 3.8) is 0 Å². The number of hydrogen-bond acceptors (Lipinski definition) is 3. The molecule has 2 atom stereocenters. The lowest BCUT2D eigenvalue weighted by Gasteiger charge is -2.30. The molecule has 0 radical (unpaired) electrons. The van der Waals surface area contributed by atoms with E-state index in [9.17, 15) is 0 Å². The number of likely N-dealkylation sites (N-methyl/N-ethyl adjacent to an activating group) is 1. The van der Waals surface area contributed by atoms with Gasteiger partial charge in [0, 0.05) is 42.7 Å². The van der Waals surface area contributed by atoms with Gasteiger partial charge in [0.1, 0.15) is 5.82 Å². The molecule has 0 bridgehead atoms. The number of aryl methyl sites for hydroxylation is 2. The second-order valence-corrected chi connectivity index (χ2v) is 6.35. The first kappa shape index (κ1) is 12.9. The normalized spacial score (nSPS) is 20.2. The first-order valence-electron chi connectivity index (χ1n) is 6.99. The summed E-state index contributed by atoms with van der Waals surface area (Å²) < 4.78 is 2.13. The molecular formula is C15H21N3S. The zero-order chi connectivity index (χ0) is 13.2. The van der Waals surface area contributed by atoms with Crippen LogP contribution in [0.5, 0.6) is 0 Å². The molecule has 0 aromatic carbocycles. The highest BCUT2D eigenvalue weighted by molar-refractivity contribution is 7.10. The quantitative estimate of drug-likeness (QED) is 0.930. The van der Waals surface area contributed by atoms with E-state index in [1.165, 1.54) is 25.1 Å². The Hall–Kier alpha value is -1.13. The van der Waals surface area contributed by atoms with E-state index < -0.39 is 0 Å². The summed E-state index contributed by atoms with van der Waals surface area (Å²) in [5.41, 5.74) is 1.57. The summed E-state index contributed by atoms with van der Waals surface area (Å²) in [4.78, 5) is 6.06. The predicted molar refractivity (Wildman–Crippen MR) is 79.8 cm³/mol. The Labute approximate surface area is 118 Å². The molecule has 0 fully saturated rings. The van der Waals surface area contributed by atoms with Crippen molar-refractivity contribution in [2.45, 2.75) is 37.6 Å². The van der Waals surface area contributed by atoms with Gasteiger partial charge in [-0.15, -0.1) is 11.3 Å². The number of nitrogens with one attached hydrogen (secondary N) is 1. The lowest BCUT2D eigenvalue weighted by molar-refractivity contribution is 0.405. The molecule has 4 heteroatoms. The number of nitrogens with zero attached hydrogens (tertiary/aromatic N) is 2. The van der Waals surface area contributed by atoms with Gasteiger partial charge in [0.2, 0.25) is 0 Å². The van der Waals surface area contributed by atoms with Crippen LogP contribution < -0.4 is 5.32 Å². The van der Waals surface area contributed by atoms with Crippen LogP contribution in [0, 0.1) is 0 Å². The van der Waals surface area contributed by atoms with E-state index in [2.05, 4.69) is 40.4 Å². The lowest BCUT2D eigenvalue weighted by Crippen LogP contribution is -2.36. The number of fused-ring (bicyclic) bond motifs is 1. The first-order chi connectivity index (χ1) is 9.29. The zero-order valence-electron chi connectivity index (χ0n) is 11.6. The van der Waals surface area contributed by atoms with E-state index in [-0.39, 0.29) is 0 Å². The fourth-order valence-electron chi connectivity index (χ4n) is 3.18. The van der Waals surface area contributed by atoms with Crippen LogP contribution in [-0.2, 0) is 19.9 Å². The molecule has 2 aromatic heterocycles. The second kappa shape index (κ2) is 5.47. The number of hydrogen-bond donors (Lipinski definition) is 1. The second-order valence-electron chi connectivity index (χ2n) is 5.35. The summed E-state index contributed by atoms with van der Waals surface area (Å²) in [7, 11) is 4.15. The monoisotopic (exact) mass is 275 g/mol. The fraction of sp³-hybridized carbons (Fsp3) is 0.533. The Bertz CT molecular complexity index is 543. The van der Waals surface area contributed by atoms with Gasteiger partial charge in [-0.05, 0) is 43.3 Å². The molecule has 2 heterocycles. The van der Waals surface area contributed by atoms with Crippen LogP contribution in [0.4, 0.5) is 0 Å². The number of imidazole rings is 1. The van der Waals surface area contributed by atoms with Crippen molar-refractivity contribution >= 4 is 11.3 Å². The average molecular weight is 275 g/mol. The average Bonchev–Trinajstić information content (AvgIpc) is 3.04. The van der Waals surface area contributed by atoms with Gasteiger partial charge >= 0.3 is 0 Å². The molecule has 19 heavy (non-hydrogen) atoms. The summed E-state index contributed by atoms with van der Waals surface area (Å²) in [6.45, 7) is 0. The first-order valence-corrected chi connectivity index (χ1v) is 7.87. The summed E-state index contributed by atoms with van der Waals surface area (Å²) in [6, 6.07) is 2.81. The minimum Gasteiger partial charge on any atom is -0.338 e. The number of thiophene rings is 1. The molecule has 0 saturated heterocycles. The van der Waals surface area contributed by atoms with E-state index in [4.69, 9.17) is 0 Å².